The van der Waals surface area contributed by atoms with Crippen molar-refractivity contribution in [2.75, 3.05) is 12.3 Å². The number of nitrogens with two attached hydrogens (primary N) is 1. The molecule has 1 aromatic heterocycles. The van der Waals surface area contributed by atoms with Crippen molar-refractivity contribution < 1.29 is 24.9 Å². The molecule has 9 heteroatoms. The molecule has 0 amide bonds. The number of rotatable bonds is 4. The molecule has 0 aliphatic carbocycles. The van der Waals surface area contributed by atoms with Crippen LogP contribution in [0.5, 0.6) is 0 Å². The van der Waals surface area contributed by atoms with Gasteiger partial charge in [-0.1, -0.05) is 0 Å². The maximum absolute atomic E-state index is 11.6. The van der Waals surface area contributed by atoms with Gasteiger partial charge in [0.25, 0.3) is 0 Å². The van der Waals surface area contributed by atoms with Gasteiger partial charge in [-0.2, -0.15) is 5.26 Å². The zero-order valence-electron chi connectivity index (χ0n) is 10.4. The van der Waals surface area contributed by atoms with E-state index in [2.05, 4.69) is 4.98 Å². The molecule has 1 aliphatic heterocycles. The first kappa shape index (κ1) is 14.4. The highest BCUT2D eigenvalue weighted by molar-refractivity contribution is 5.99. The summed E-state index contributed by atoms with van der Waals surface area (Å²) in [4.78, 5) is 15.4. The number of carbonyl (C=O) groups excluding carboxylic acids is 1. The minimum absolute atomic E-state index is 0.0694. The molecule has 0 unspecified atom stereocenters. The summed E-state index contributed by atoms with van der Waals surface area (Å²) in [5, 5.41) is 37.0. The molecule has 0 aromatic carbocycles. The van der Waals surface area contributed by atoms with E-state index in [1.165, 1.54) is 10.9 Å². The Morgan fingerprint density at radius 1 is 1.55 bits per heavy atom. The van der Waals surface area contributed by atoms with Crippen LogP contribution in [-0.4, -0.2) is 55.6 Å². The third kappa shape index (κ3) is 2.25. The van der Waals surface area contributed by atoms with Crippen molar-refractivity contribution in [1.29, 1.82) is 5.26 Å². The maximum Gasteiger partial charge on any atom is 0.198 e. The van der Waals surface area contributed by atoms with E-state index in [1.54, 1.807) is 6.07 Å². The third-order valence-corrected chi connectivity index (χ3v) is 3.13. The van der Waals surface area contributed by atoms with Crippen molar-refractivity contribution in [3.05, 3.63) is 12.0 Å². The Labute approximate surface area is 113 Å². The zero-order chi connectivity index (χ0) is 14.9. The van der Waals surface area contributed by atoms with Gasteiger partial charge in [-0.15, -0.1) is 0 Å². The smallest absolute Gasteiger partial charge is 0.198 e. The highest BCUT2D eigenvalue weighted by Gasteiger charge is 2.44. The number of nitrogen functional groups attached to an aromatic ring is 1. The molecule has 1 saturated heterocycles. The van der Waals surface area contributed by atoms with E-state index in [9.17, 15) is 15.0 Å². The molecule has 4 atom stereocenters. The summed E-state index contributed by atoms with van der Waals surface area (Å²) in [7, 11) is 0. The van der Waals surface area contributed by atoms with Crippen LogP contribution in [-0.2, 0) is 4.74 Å². The Kier molecular flexibility index (Phi) is 4.01. The SMILES string of the molecule is N#CCC(=O)c1ncn([C@@H]2O[C@H](CO)[C@@H](O)[C@H]2O)c1N. The monoisotopic (exact) mass is 282 g/mol. The standard InChI is InChI=1S/C11H14N4O5/c12-2-1-5(17)7-10(13)15(4-14-7)11-9(19)8(18)6(3-16)20-11/h4,6,8-9,11,16,18-19H,1,3,13H2/t6-,8-,9-,11-/m1/s1. The average Bonchev–Trinajstić information content (AvgIpc) is 2.93. The number of Topliss-reactive ketones (excluding diaryl/α,β-unsaturated/α-hetero) is 1. The molecule has 0 saturated carbocycles. The summed E-state index contributed by atoms with van der Waals surface area (Å²) in [6, 6.07) is 1.70. The van der Waals surface area contributed by atoms with E-state index in [-0.39, 0.29) is 17.9 Å². The number of anilines is 1. The zero-order valence-corrected chi connectivity index (χ0v) is 10.4. The number of hydrogen-bond acceptors (Lipinski definition) is 8. The summed E-state index contributed by atoms with van der Waals surface area (Å²) < 4.78 is 6.46. The first-order valence-electron chi connectivity index (χ1n) is 5.86. The lowest BCUT2D eigenvalue weighted by atomic mass is 10.1. The summed E-state index contributed by atoms with van der Waals surface area (Å²) in [6.45, 7) is -0.469. The van der Waals surface area contributed by atoms with Gasteiger partial charge in [0.15, 0.2) is 12.0 Å². The predicted molar refractivity (Wildman–Crippen MR) is 64.2 cm³/mol. The fraction of sp³-hybridized carbons (Fsp3) is 0.545. The van der Waals surface area contributed by atoms with Gasteiger partial charge < -0.3 is 25.8 Å². The van der Waals surface area contributed by atoms with Crippen LogP contribution in [0.15, 0.2) is 6.33 Å². The number of ether oxygens (including phenoxy) is 1. The van der Waals surface area contributed by atoms with E-state index in [1.807, 2.05) is 0 Å². The van der Waals surface area contributed by atoms with Crippen LogP contribution in [0.1, 0.15) is 23.1 Å². The van der Waals surface area contributed by atoms with E-state index >= 15 is 0 Å². The number of aliphatic hydroxyl groups excluding tert-OH is 3. The van der Waals surface area contributed by atoms with Crippen LogP contribution in [0.2, 0.25) is 0 Å². The Morgan fingerprint density at radius 3 is 2.80 bits per heavy atom. The molecule has 0 radical (unpaired) electrons. The normalized spacial score (nSPS) is 29.3. The molecular formula is C11H14N4O5. The first-order chi connectivity index (χ1) is 9.51. The Hall–Kier alpha value is -1.99. The molecule has 2 rings (SSSR count). The van der Waals surface area contributed by atoms with Crippen LogP contribution >= 0.6 is 0 Å². The second-order valence-corrected chi connectivity index (χ2v) is 4.37. The third-order valence-electron chi connectivity index (χ3n) is 3.13. The number of aromatic nitrogens is 2. The van der Waals surface area contributed by atoms with Gasteiger partial charge in [0, 0.05) is 0 Å². The van der Waals surface area contributed by atoms with Gasteiger partial charge in [-0.3, -0.25) is 9.36 Å². The van der Waals surface area contributed by atoms with Crippen LogP contribution in [0.3, 0.4) is 0 Å². The molecule has 9 nitrogen and oxygen atoms in total. The molecule has 0 spiro atoms. The van der Waals surface area contributed by atoms with Gasteiger partial charge in [0.1, 0.15) is 36.2 Å². The second-order valence-electron chi connectivity index (χ2n) is 4.37. The van der Waals surface area contributed by atoms with Crippen LogP contribution in [0.25, 0.3) is 0 Å². The minimum Gasteiger partial charge on any atom is -0.394 e. The number of ketones is 1. The molecule has 1 aromatic rings. The fourth-order valence-corrected chi connectivity index (χ4v) is 2.05. The number of nitriles is 1. The Morgan fingerprint density at radius 2 is 2.25 bits per heavy atom. The summed E-state index contributed by atoms with van der Waals surface area (Å²) >= 11 is 0. The van der Waals surface area contributed by atoms with Crippen LogP contribution in [0, 0.1) is 11.3 Å². The van der Waals surface area contributed by atoms with Crippen molar-refractivity contribution in [2.45, 2.75) is 31.0 Å². The largest absolute Gasteiger partial charge is 0.394 e. The van der Waals surface area contributed by atoms with Crippen molar-refractivity contribution in [3.8, 4) is 6.07 Å². The van der Waals surface area contributed by atoms with E-state index in [0.29, 0.717) is 0 Å². The van der Waals surface area contributed by atoms with E-state index in [4.69, 9.17) is 20.8 Å². The van der Waals surface area contributed by atoms with Crippen molar-refractivity contribution >= 4 is 11.6 Å². The molecule has 20 heavy (non-hydrogen) atoms. The minimum atomic E-state index is -1.32. The Bertz CT molecular complexity index is 551. The summed E-state index contributed by atoms with van der Waals surface area (Å²) in [6.07, 6.45) is -3.78. The fourth-order valence-electron chi connectivity index (χ4n) is 2.05. The highest BCUT2D eigenvalue weighted by atomic mass is 16.6. The Balaban J connectivity index is 2.27. The lowest BCUT2D eigenvalue weighted by Crippen LogP contribution is -2.33. The lowest BCUT2D eigenvalue weighted by molar-refractivity contribution is -0.0518. The topological polar surface area (TPSA) is 155 Å². The van der Waals surface area contributed by atoms with Gasteiger partial charge in [0.05, 0.1) is 19.0 Å². The average molecular weight is 282 g/mol. The predicted octanol–water partition coefficient (Wildman–Crippen LogP) is -1.83. The number of aliphatic hydroxyl groups is 3. The first-order valence-corrected chi connectivity index (χ1v) is 5.86. The van der Waals surface area contributed by atoms with E-state index in [0.717, 1.165) is 0 Å². The van der Waals surface area contributed by atoms with Gasteiger partial charge >= 0.3 is 0 Å². The quantitative estimate of drug-likeness (QED) is 0.470. The summed E-state index contributed by atoms with van der Waals surface area (Å²) in [5.41, 5.74) is 5.65. The number of imidazole rings is 1. The molecule has 0 bridgehead atoms. The van der Waals surface area contributed by atoms with Crippen molar-refractivity contribution in [3.63, 3.8) is 0 Å². The van der Waals surface area contributed by atoms with Crippen LogP contribution in [0.4, 0.5) is 5.82 Å². The number of nitrogens with zero attached hydrogens (tertiary/aromatic N) is 3. The lowest BCUT2D eigenvalue weighted by Gasteiger charge is -2.17. The molecule has 108 valence electrons. The van der Waals surface area contributed by atoms with Crippen molar-refractivity contribution in [1.82, 2.24) is 9.55 Å². The number of hydrogen-bond donors (Lipinski definition) is 4. The second kappa shape index (κ2) is 5.56. The molecule has 1 fully saturated rings. The van der Waals surface area contributed by atoms with Crippen molar-refractivity contribution in [2.24, 2.45) is 0 Å². The van der Waals surface area contributed by atoms with Crippen LogP contribution < -0.4 is 5.73 Å². The van der Waals surface area contributed by atoms with Gasteiger partial charge in [-0.05, 0) is 0 Å². The highest BCUT2D eigenvalue weighted by Crippen LogP contribution is 2.31. The van der Waals surface area contributed by atoms with E-state index < -0.39 is 36.9 Å². The molecular weight excluding hydrogens is 268 g/mol. The summed E-state index contributed by atoms with van der Waals surface area (Å²) in [5.74, 6) is -0.615. The number of carbonyl (C=O) groups is 1. The molecule has 5 N–H and O–H groups in total. The van der Waals surface area contributed by atoms with Gasteiger partial charge in [0.2, 0.25) is 0 Å². The van der Waals surface area contributed by atoms with Gasteiger partial charge in [-0.25, -0.2) is 4.98 Å². The maximum atomic E-state index is 11.6. The molecule has 2 heterocycles. The molecule has 1 aliphatic rings.